The summed E-state index contributed by atoms with van der Waals surface area (Å²) in [5, 5.41) is 0. The Hall–Kier alpha value is -3.08. The number of imidazole rings is 1. The summed E-state index contributed by atoms with van der Waals surface area (Å²) in [5.74, 6) is 0.754. The second-order valence-electron chi connectivity index (χ2n) is 4.97. The third kappa shape index (κ3) is 1.79. The van der Waals surface area contributed by atoms with Crippen LogP contribution < -0.4 is 10.3 Å². The Morgan fingerprint density at radius 3 is 2.55 bits per heavy atom. The Bertz CT molecular complexity index is 1030. The van der Waals surface area contributed by atoms with Crippen molar-refractivity contribution in [3.05, 3.63) is 71.3 Å². The predicted molar refractivity (Wildman–Crippen MR) is 84.8 cm³/mol. The van der Waals surface area contributed by atoms with Gasteiger partial charge in [-0.05, 0) is 36.4 Å². The molecule has 0 saturated heterocycles. The van der Waals surface area contributed by atoms with E-state index < -0.39 is 0 Å². The summed E-state index contributed by atoms with van der Waals surface area (Å²) in [5.41, 5.74) is 2.78. The van der Waals surface area contributed by atoms with Crippen molar-refractivity contribution in [3.63, 3.8) is 0 Å². The maximum atomic E-state index is 12.7. The molecule has 2 aromatic carbocycles. The fourth-order valence-electron chi connectivity index (χ4n) is 2.60. The first kappa shape index (κ1) is 12.6. The van der Waals surface area contributed by atoms with Crippen molar-refractivity contribution < 1.29 is 4.74 Å². The summed E-state index contributed by atoms with van der Waals surface area (Å²) in [7, 11) is 1.61. The number of nitrogens with zero attached hydrogens (tertiary/aromatic N) is 3. The van der Waals surface area contributed by atoms with Crippen LogP contribution in [-0.2, 0) is 0 Å². The maximum absolute atomic E-state index is 12.7. The molecule has 4 rings (SSSR count). The third-order valence-electron chi connectivity index (χ3n) is 3.72. The van der Waals surface area contributed by atoms with Crippen LogP contribution in [0.15, 0.2) is 65.7 Å². The molecular formula is C17H13N3O2. The Kier molecular flexibility index (Phi) is 2.72. The number of benzene rings is 2. The van der Waals surface area contributed by atoms with Gasteiger partial charge in [-0.25, -0.2) is 4.98 Å². The highest BCUT2D eigenvalue weighted by molar-refractivity contribution is 5.80. The SMILES string of the molecule is COc1ccc(-n2ccn3c(nc4ccccc43)c2=O)cc1. The summed E-state index contributed by atoms with van der Waals surface area (Å²) in [6.45, 7) is 0. The monoisotopic (exact) mass is 291 g/mol. The van der Waals surface area contributed by atoms with Gasteiger partial charge in [0.25, 0.3) is 5.56 Å². The summed E-state index contributed by atoms with van der Waals surface area (Å²) in [6.07, 6.45) is 3.61. The zero-order valence-electron chi connectivity index (χ0n) is 11.9. The van der Waals surface area contributed by atoms with E-state index in [2.05, 4.69) is 4.98 Å². The number of methoxy groups -OCH3 is 1. The number of fused-ring (bicyclic) bond motifs is 3. The molecule has 0 bridgehead atoms. The summed E-state index contributed by atoms with van der Waals surface area (Å²) < 4.78 is 8.54. The van der Waals surface area contributed by atoms with Gasteiger partial charge in [-0.2, -0.15) is 0 Å². The highest BCUT2D eigenvalue weighted by Gasteiger charge is 2.10. The molecule has 0 atom stereocenters. The van der Waals surface area contributed by atoms with Crippen LogP contribution in [0, 0.1) is 0 Å². The van der Waals surface area contributed by atoms with E-state index >= 15 is 0 Å². The minimum atomic E-state index is -0.149. The van der Waals surface area contributed by atoms with Crippen LogP contribution in [-0.4, -0.2) is 21.1 Å². The Morgan fingerprint density at radius 1 is 1.00 bits per heavy atom. The van der Waals surface area contributed by atoms with Crippen LogP contribution in [0.4, 0.5) is 0 Å². The standard InChI is InChI=1S/C17H13N3O2/c1-22-13-8-6-12(7-9-13)19-10-11-20-15-5-3-2-4-14(15)18-16(20)17(19)21/h2-11H,1H3. The number of hydrogen-bond acceptors (Lipinski definition) is 3. The van der Waals surface area contributed by atoms with Gasteiger partial charge in [0.1, 0.15) is 5.75 Å². The quantitative estimate of drug-likeness (QED) is 0.570. The van der Waals surface area contributed by atoms with E-state index in [-0.39, 0.29) is 5.56 Å². The first-order valence-corrected chi connectivity index (χ1v) is 6.91. The summed E-state index contributed by atoms with van der Waals surface area (Å²) >= 11 is 0. The molecule has 22 heavy (non-hydrogen) atoms. The predicted octanol–water partition coefficient (Wildman–Crippen LogP) is 2.65. The van der Waals surface area contributed by atoms with E-state index in [1.165, 1.54) is 0 Å². The summed E-state index contributed by atoms with van der Waals surface area (Å²) in [6, 6.07) is 15.1. The normalized spacial score (nSPS) is 11.1. The number of aromatic nitrogens is 3. The van der Waals surface area contributed by atoms with Crippen molar-refractivity contribution in [1.82, 2.24) is 14.0 Å². The van der Waals surface area contributed by atoms with Gasteiger partial charge in [0.15, 0.2) is 0 Å². The van der Waals surface area contributed by atoms with E-state index in [4.69, 9.17) is 4.74 Å². The van der Waals surface area contributed by atoms with Gasteiger partial charge in [-0.3, -0.25) is 13.8 Å². The molecule has 108 valence electrons. The molecule has 5 heteroatoms. The van der Waals surface area contributed by atoms with Crippen LogP contribution in [0.25, 0.3) is 22.4 Å². The van der Waals surface area contributed by atoms with Crippen molar-refractivity contribution in [3.8, 4) is 11.4 Å². The lowest BCUT2D eigenvalue weighted by molar-refractivity contribution is 0.414. The van der Waals surface area contributed by atoms with Gasteiger partial charge in [0.2, 0.25) is 5.65 Å². The molecular weight excluding hydrogens is 278 g/mol. The van der Waals surface area contributed by atoms with E-state index in [0.717, 1.165) is 22.5 Å². The molecule has 0 aliphatic heterocycles. The number of ether oxygens (including phenoxy) is 1. The molecule has 0 aliphatic rings. The topological polar surface area (TPSA) is 48.5 Å². The largest absolute Gasteiger partial charge is 0.497 e. The number of hydrogen-bond donors (Lipinski definition) is 0. The molecule has 0 aliphatic carbocycles. The molecule has 2 aromatic heterocycles. The fraction of sp³-hybridized carbons (Fsp3) is 0.0588. The molecule has 0 N–H and O–H groups in total. The summed E-state index contributed by atoms with van der Waals surface area (Å²) in [4.78, 5) is 17.1. The fourth-order valence-corrected chi connectivity index (χ4v) is 2.60. The molecule has 5 nitrogen and oxygen atoms in total. The molecule has 0 radical (unpaired) electrons. The van der Waals surface area contributed by atoms with Crippen molar-refractivity contribution >= 4 is 16.7 Å². The smallest absolute Gasteiger partial charge is 0.298 e. The number of rotatable bonds is 2. The lowest BCUT2D eigenvalue weighted by Gasteiger charge is -2.07. The van der Waals surface area contributed by atoms with E-state index in [1.807, 2.05) is 59.1 Å². The zero-order valence-corrected chi connectivity index (χ0v) is 11.9. The van der Waals surface area contributed by atoms with Crippen molar-refractivity contribution in [2.75, 3.05) is 7.11 Å². The maximum Gasteiger partial charge on any atom is 0.298 e. The molecule has 2 heterocycles. The van der Waals surface area contributed by atoms with E-state index in [9.17, 15) is 4.79 Å². The first-order chi connectivity index (χ1) is 10.8. The first-order valence-electron chi connectivity index (χ1n) is 6.91. The molecule has 0 fully saturated rings. The second kappa shape index (κ2) is 4.73. The van der Waals surface area contributed by atoms with Crippen LogP contribution >= 0.6 is 0 Å². The molecule has 0 unspecified atom stereocenters. The average molecular weight is 291 g/mol. The van der Waals surface area contributed by atoms with Gasteiger partial charge in [0.05, 0.1) is 18.1 Å². The Labute approximate surface area is 126 Å². The van der Waals surface area contributed by atoms with E-state index in [1.54, 1.807) is 17.9 Å². The average Bonchev–Trinajstić information content (AvgIpc) is 2.95. The molecule has 0 saturated carbocycles. The lowest BCUT2D eigenvalue weighted by Crippen LogP contribution is -2.19. The minimum absolute atomic E-state index is 0.149. The van der Waals surface area contributed by atoms with Gasteiger partial charge in [-0.15, -0.1) is 0 Å². The van der Waals surface area contributed by atoms with E-state index in [0.29, 0.717) is 5.65 Å². The lowest BCUT2D eigenvalue weighted by atomic mass is 10.3. The number of para-hydroxylation sites is 2. The van der Waals surface area contributed by atoms with Crippen LogP contribution in [0.3, 0.4) is 0 Å². The Morgan fingerprint density at radius 2 is 1.77 bits per heavy atom. The minimum Gasteiger partial charge on any atom is -0.497 e. The Balaban J connectivity index is 1.97. The van der Waals surface area contributed by atoms with Gasteiger partial charge in [0, 0.05) is 18.1 Å². The van der Waals surface area contributed by atoms with Crippen molar-refractivity contribution in [2.45, 2.75) is 0 Å². The van der Waals surface area contributed by atoms with Crippen LogP contribution in [0.2, 0.25) is 0 Å². The molecule has 0 spiro atoms. The van der Waals surface area contributed by atoms with Gasteiger partial charge in [-0.1, -0.05) is 12.1 Å². The zero-order chi connectivity index (χ0) is 15.1. The van der Waals surface area contributed by atoms with Crippen molar-refractivity contribution in [2.24, 2.45) is 0 Å². The highest BCUT2D eigenvalue weighted by atomic mass is 16.5. The molecule has 4 aromatic rings. The highest BCUT2D eigenvalue weighted by Crippen LogP contribution is 2.16. The van der Waals surface area contributed by atoms with Gasteiger partial charge < -0.3 is 4.74 Å². The van der Waals surface area contributed by atoms with Crippen LogP contribution in [0.5, 0.6) is 5.75 Å². The van der Waals surface area contributed by atoms with Crippen molar-refractivity contribution in [1.29, 1.82) is 0 Å². The molecule has 0 amide bonds. The van der Waals surface area contributed by atoms with Gasteiger partial charge >= 0.3 is 0 Å². The third-order valence-corrected chi connectivity index (χ3v) is 3.72. The van der Waals surface area contributed by atoms with Crippen LogP contribution in [0.1, 0.15) is 0 Å². The second-order valence-corrected chi connectivity index (χ2v) is 4.97.